The first kappa shape index (κ1) is 64.0. The van der Waals surface area contributed by atoms with Crippen molar-refractivity contribution >= 4 is 124 Å². The Hall–Kier alpha value is -2.10. The molecular weight excluding hydrogens is 1120 g/mol. The molecule has 26 nitrogen and oxygen atoms in total. The molecule has 6 rings (SSSR count). The summed E-state index contributed by atoms with van der Waals surface area (Å²) in [5, 5.41) is 26.9. The molecule has 1 heterocycles. The molecule has 0 bridgehead atoms. The van der Waals surface area contributed by atoms with Gasteiger partial charge in [-0.25, -0.2) is 47.8 Å². The summed E-state index contributed by atoms with van der Waals surface area (Å²) in [6.45, 7) is -1.06. The minimum Gasteiger partial charge on any atom is -0.870 e. The number of benzene rings is 5. The third kappa shape index (κ3) is 16.4. The monoisotopic (exact) mass is 1140 g/mol. The number of nitrogens with two attached hydrogens (primary N) is 1. The second-order valence-electron chi connectivity index (χ2n) is 12.8. The van der Waals surface area contributed by atoms with Gasteiger partial charge < -0.3 is 29.5 Å². The maximum absolute atomic E-state index is 14.1. The fraction of sp³-hybridized carbons (Fsp3) is 0.0606. The summed E-state index contributed by atoms with van der Waals surface area (Å²) in [4.78, 5) is 13.0. The third-order valence-corrected chi connectivity index (χ3v) is 13.5. The predicted octanol–water partition coefficient (Wildman–Crippen LogP) is -8.53. The molecule has 0 atom stereocenters. The number of halogens is 2. The number of rotatable bonds is 14. The number of nitrogens with one attached hydrogen (secondary N) is 2. The summed E-state index contributed by atoms with van der Waals surface area (Å²) >= 11 is 12.1. The van der Waals surface area contributed by atoms with Crippen LogP contribution in [-0.2, 0) is 54.8 Å². The van der Waals surface area contributed by atoms with Gasteiger partial charge in [0.25, 0.3) is 0 Å². The Morgan fingerprint density at radius 2 is 1.21 bits per heavy atom. The van der Waals surface area contributed by atoms with Crippen LogP contribution in [0, 0.1) is 0 Å². The molecule has 70 heavy (non-hydrogen) atoms. The van der Waals surface area contributed by atoms with Crippen molar-refractivity contribution < 1.29 is 188 Å². The van der Waals surface area contributed by atoms with Crippen molar-refractivity contribution in [3.05, 3.63) is 100 Å². The molecule has 0 saturated heterocycles. The first-order valence-electron chi connectivity index (χ1n) is 17.2. The number of sulfone groups is 1. The molecule has 5 N–H and O–H groups in total. The summed E-state index contributed by atoms with van der Waals surface area (Å²) in [6.07, 6.45) is 0. The predicted molar refractivity (Wildman–Crippen MR) is 222 cm³/mol. The maximum Gasteiger partial charge on any atom is 1.00 e. The van der Waals surface area contributed by atoms with Crippen molar-refractivity contribution in [2.75, 3.05) is 18.1 Å². The van der Waals surface area contributed by atoms with E-state index in [-0.39, 0.29) is 140 Å². The quantitative estimate of drug-likeness (QED) is 0.0340. The first-order chi connectivity index (χ1) is 30.6. The van der Waals surface area contributed by atoms with Gasteiger partial charge in [0.2, 0.25) is 16.5 Å². The number of nitrogen functional groups attached to an aromatic ring is 1. The van der Waals surface area contributed by atoms with Crippen molar-refractivity contribution in [1.29, 1.82) is 0 Å². The fourth-order valence-electron chi connectivity index (χ4n) is 5.60. The van der Waals surface area contributed by atoms with Crippen molar-refractivity contribution in [1.82, 2.24) is 15.0 Å². The van der Waals surface area contributed by atoms with Crippen LogP contribution >= 0.6 is 23.2 Å². The summed E-state index contributed by atoms with van der Waals surface area (Å²) in [5.74, 6) is -2.67. The van der Waals surface area contributed by atoms with E-state index in [0.29, 0.717) is 22.8 Å². The molecule has 348 valence electrons. The van der Waals surface area contributed by atoms with Crippen molar-refractivity contribution in [3.63, 3.8) is 0 Å². The van der Waals surface area contributed by atoms with Gasteiger partial charge in [-0.05, 0) is 77.7 Å². The number of H-pyrrole nitrogens is 2. The van der Waals surface area contributed by atoms with Gasteiger partial charge in [0.05, 0.1) is 54.7 Å². The Morgan fingerprint density at radius 3 is 1.81 bits per heavy atom. The number of hydrogen-bond acceptors (Lipinski definition) is 23. The molecule has 0 fully saturated rings. The van der Waals surface area contributed by atoms with Gasteiger partial charge in [0, 0.05) is 10.4 Å². The Balaban J connectivity index is 0.00000420. The van der Waals surface area contributed by atoms with Gasteiger partial charge in [-0.15, -0.1) is 20.5 Å². The molecule has 0 aliphatic rings. The number of hydrogen-bond donors (Lipinski definition) is 4. The number of aromatic amines is 2. The van der Waals surface area contributed by atoms with Crippen LogP contribution in [0.5, 0.6) is 5.75 Å². The van der Waals surface area contributed by atoms with E-state index >= 15 is 0 Å². The third-order valence-electron chi connectivity index (χ3n) is 8.29. The van der Waals surface area contributed by atoms with Gasteiger partial charge in [-0.2, -0.15) is 13.4 Å². The van der Waals surface area contributed by atoms with Crippen LogP contribution in [0.3, 0.4) is 0 Å². The Morgan fingerprint density at radius 1 is 0.643 bits per heavy atom. The molecule has 0 unspecified atom stereocenters. The first-order valence-corrected chi connectivity index (χ1v) is 25.2. The second-order valence-corrected chi connectivity index (χ2v) is 20.8. The molecular formula is C33H22Cl2N10Na4O16S5. The zero-order chi connectivity index (χ0) is 48.6. The van der Waals surface area contributed by atoms with Crippen LogP contribution in [0.25, 0.3) is 10.8 Å². The summed E-state index contributed by atoms with van der Waals surface area (Å²) in [7, 11) is -26.5. The molecule has 0 amide bonds. The average molecular weight is 1140 g/mol. The van der Waals surface area contributed by atoms with E-state index in [9.17, 15) is 60.9 Å². The van der Waals surface area contributed by atoms with E-state index in [1.165, 1.54) is 18.2 Å². The summed E-state index contributed by atoms with van der Waals surface area (Å²) in [6, 6.07) is 14.0. The standard InChI is InChI=1S/C33H26Cl2N10O16S5.4Na/c34-17-4-3-5-18(14-17)37-32-39-31(35)40-33(41-32)38-19-8-9-23(63(49,50)51)21(15-19)43-45-29-25(65(55,56)57)13-16-12-24(64(52,53)54)28(27(36)26(16)30(29)46)44-42-20-6-1-2-7-22(20)62(47,48)11-10-61-66(58,59)60;;;;/h1-9,12-15,46H,10-11,36H2,(H,49,50,51)(H,52,53,54)(H,55,56,57)(H,58,59,60)(H2,37,38,39,40,41);;;;/q;4*+1/p-4. The minimum atomic E-state index is -5.79. The van der Waals surface area contributed by atoms with Crippen molar-refractivity contribution in [2.45, 2.75) is 19.6 Å². The van der Waals surface area contributed by atoms with Crippen LogP contribution in [0.2, 0.25) is 10.3 Å². The largest absolute Gasteiger partial charge is 1.00 e. The Kier molecular flexibility index (Phi) is 23.3. The van der Waals surface area contributed by atoms with Gasteiger partial charge in [-0.1, -0.05) is 35.5 Å². The van der Waals surface area contributed by atoms with E-state index in [4.69, 9.17) is 33.5 Å². The van der Waals surface area contributed by atoms with Crippen LogP contribution in [-0.4, -0.2) is 87.6 Å². The molecule has 37 heteroatoms. The molecule has 0 saturated carbocycles. The van der Waals surface area contributed by atoms with E-state index in [2.05, 4.69) is 49.6 Å². The smallest absolute Gasteiger partial charge is 0.870 e. The van der Waals surface area contributed by atoms with Gasteiger partial charge in [0.1, 0.15) is 47.4 Å². The molecule has 0 aliphatic heterocycles. The fourth-order valence-corrected chi connectivity index (χ4v) is 9.48. The van der Waals surface area contributed by atoms with E-state index in [1.54, 1.807) is 18.2 Å². The minimum absolute atomic E-state index is 0. The molecule has 0 spiro atoms. The van der Waals surface area contributed by atoms with Crippen molar-refractivity contribution in [3.8, 4) is 5.75 Å². The van der Waals surface area contributed by atoms with Crippen molar-refractivity contribution in [2.24, 2.45) is 30.4 Å². The number of nitrogens with zero attached hydrogens (tertiary/aromatic N) is 7. The van der Waals surface area contributed by atoms with Crippen LogP contribution < -0.4 is 140 Å². The van der Waals surface area contributed by atoms with Crippen LogP contribution in [0.15, 0.2) is 129 Å². The molecule has 5 aromatic carbocycles. The van der Waals surface area contributed by atoms with Crippen LogP contribution in [0.1, 0.15) is 0 Å². The maximum atomic E-state index is 14.1. The average Bonchev–Trinajstić information content (AvgIpc) is 3.18. The van der Waals surface area contributed by atoms with E-state index in [1.807, 2.05) is 0 Å². The van der Waals surface area contributed by atoms with E-state index < -0.39 is 127 Å². The van der Waals surface area contributed by atoms with Crippen LogP contribution in [0.4, 0.5) is 39.8 Å². The summed E-state index contributed by atoms with van der Waals surface area (Å²) < 4.78 is 172. The zero-order valence-corrected chi connectivity index (χ0v) is 49.6. The molecule has 1 aromatic heterocycles. The Bertz CT molecular complexity index is 3800. The number of aromatic nitrogens is 3. The zero-order valence-electron chi connectivity index (χ0n) is 36.0. The molecule has 0 radical (unpaired) electrons. The summed E-state index contributed by atoms with van der Waals surface area (Å²) in [5.41, 5.74) is 1.05. The van der Waals surface area contributed by atoms with Gasteiger partial charge in [0.15, 0.2) is 9.84 Å². The number of fused-ring (bicyclic) bond motifs is 1. The molecule has 6 aromatic rings. The SMILES string of the molecule is Nc1c(N=Nc2ccccc2S(=O)(=O)CCOS(=O)(=O)O)c(S(=O)(=O)[O-])cc2cc(S(=O)(=O)[O-])c(N=Nc3cc(N=c4[nH]c(Cl)nc(=Nc5cccc(Cl)c5)[nH]4)ccc3S(=O)(=O)[O-])c([O-])c12.[Na+].[Na+].[Na+].[Na+]. The second kappa shape index (κ2) is 25.4. The van der Waals surface area contributed by atoms with E-state index in [0.717, 1.165) is 30.3 Å². The number of azo groups is 2. The van der Waals surface area contributed by atoms with Gasteiger partial charge >= 0.3 is 129 Å². The van der Waals surface area contributed by atoms with Gasteiger partial charge in [-0.3, -0.25) is 9.54 Å². The normalized spacial score (nSPS) is 12.9. The number of anilines is 1. The Labute approximate surface area is 494 Å². The molecule has 0 aliphatic carbocycles. The topological polar surface area (TPSA) is 437 Å².